The van der Waals surface area contributed by atoms with Crippen LogP contribution in [0.25, 0.3) is 0 Å². The van der Waals surface area contributed by atoms with Crippen LogP contribution >= 0.6 is 24.0 Å². The van der Waals surface area contributed by atoms with E-state index >= 15 is 0 Å². The van der Waals surface area contributed by atoms with Crippen LogP contribution in [0.1, 0.15) is 39.2 Å². The molecule has 3 N–H and O–H groups in total. The standard InChI is InChI=1S/C21H36N4O4.HI/c1-21(2,3)29-20(26)25-14-8-13-24-19(22-4)23-12-7-9-16-10-11-17(27-5)18(15-16)28-6;/h10-11,15H,7-9,12-14H2,1-6H3,(H,25,26)(H2,22,23,24);1H. The number of aliphatic imine (C=N–C) groups is 1. The Morgan fingerprint density at radius 2 is 1.57 bits per heavy atom. The Bertz CT molecular complexity index is 663. The fraction of sp³-hybridized carbons (Fsp3) is 0.619. The number of hydrogen-bond acceptors (Lipinski definition) is 5. The number of alkyl carbamates (subject to hydrolysis) is 1. The number of guanidine groups is 1. The van der Waals surface area contributed by atoms with Gasteiger partial charge in [0.1, 0.15) is 5.60 Å². The van der Waals surface area contributed by atoms with Crippen molar-refractivity contribution in [2.24, 2.45) is 4.99 Å². The summed E-state index contributed by atoms with van der Waals surface area (Å²) >= 11 is 0. The smallest absolute Gasteiger partial charge is 0.407 e. The molecule has 8 nitrogen and oxygen atoms in total. The van der Waals surface area contributed by atoms with Gasteiger partial charge in [-0.1, -0.05) is 6.07 Å². The number of methoxy groups -OCH3 is 2. The van der Waals surface area contributed by atoms with Gasteiger partial charge >= 0.3 is 6.09 Å². The Labute approximate surface area is 197 Å². The molecule has 0 spiro atoms. The van der Waals surface area contributed by atoms with E-state index in [2.05, 4.69) is 20.9 Å². The summed E-state index contributed by atoms with van der Waals surface area (Å²) in [5.74, 6) is 2.23. The van der Waals surface area contributed by atoms with Gasteiger partial charge in [-0.15, -0.1) is 24.0 Å². The van der Waals surface area contributed by atoms with Crippen molar-refractivity contribution in [1.29, 1.82) is 0 Å². The van der Waals surface area contributed by atoms with Gasteiger partial charge in [-0.25, -0.2) is 4.79 Å². The number of hydrogen-bond donors (Lipinski definition) is 3. The van der Waals surface area contributed by atoms with Gasteiger partial charge in [0.15, 0.2) is 17.5 Å². The number of carbonyl (C=O) groups is 1. The van der Waals surface area contributed by atoms with Crippen molar-refractivity contribution in [3.8, 4) is 11.5 Å². The Morgan fingerprint density at radius 3 is 2.13 bits per heavy atom. The van der Waals surface area contributed by atoms with E-state index in [0.29, 0.717) is 13.1 Å². The molecule has 0 unspecified atom stereocenters. The molecule has 0 bridgehead atoms. The molecule has 0 atom stereocenters. The van der Waals surface area contributed by atoms with Crippen molar-refractivity contribution in [1.82, 2.24) is 16.0 Å². The van der Waals surface area contributed by atoms with Crippen molar-refractivity contribution >= 4 is 36.0 Å². The van der Waals surface area contributed by atoms with E-state index in [1.807, 2.05) is 39.0 Å². The summed E-state index contributed by atoms with van der Waals surface area (Å²) in [5, 5.41) is 9.26. The zero-order valence-electron chi connectivity index (χ0n) is 19.0. The average molecular weight is 536 g/mol. The number of nitrogens with one attached hydrogen (secondary N) is 3. The first-order valence-corrected chi connectivity index (χ1v) is 9.91. The highest BCUT2D eigenvalue weighted by atomic mass is 127. The highest BCUT2D eigenvalue weighted by molar-refractivity contribution is 14.0. The number of halogens is 1. The first-order valence-electron chi connectivity index (χ1n) is 9.91. The van der Waals surface area contributed by atoms with Gasteiger partial charge in [0.25, 0.3) is 0 Å². The molecule has 0 saturated heterocycles. The lowest BCUT2D eigenvalue weighted by Crippen LogP contribution is -2.39. The average Bonchev–Trinajstić information content (AvgIpc) is 2.67. The maximum absolute atomic E-state index is 11.6. The topological polar surface area (TPSA) is 93.2 Å². The molecular weight excluding hydrogens is 499 g/mol. The number of nitrogens with zero attached hydrogens (tertiary/aromatic N) is 1. The molecule has 0 radical (unpaired) electrons. The lowest BCUT2D eigenvalue weighted by atomic mass is 10.1. The Kier molecular flexibility index (Phi) is 14.0. The van der Waals surface area contributed by atoms with Gasteiger partial charge in [-0.3, -0.25) is 4.99 Å². The predicted octanol–water partition coefficient (Wildman–Crippen LogP) is 3.33. The minimum atomic E-state index is -0.481. The molecule has 0 saturated carbocycles. The number of ether oxygens (including phenoxy) is 3. The normalized spacial score (nSPS) is 11.2. The Balaban J connectivity index is 0.00000841. The summed E-state index contributed by atoms with van der Waals surface area (Å²) in [5.41, 5.74) is 0.714. The van der Waals surface area contributed by atoms with Crippen LogP contribution in [-0.4, -0.2) is 58.6 Å². The third-order valence-corrected chi connectivity index (χ3v) is 3.92. The van der Waals surface area contributed by atoms with E-state index in [1.54, 1.807) is 21.3 Å². The Hall–Kier alpha value is -1.91. The molecule has 1 amide bonds. The summed E-state index contributed by atoms with van der Waals surface area (Å²) < 4.78 is 15.8. The SMILES string of the molecule is CN=C(NCCCNC(=O)OC(C)(C)C)NCCCc1ccc(OC)c(OC)c1.I. The maximum Gasteiger partial charge on any atom is 0.407 e. The van der Waals surface area contributed by atoms with Crippen LogP contribution in [0.5, 0.6) is 11.5 Å². The van der Waals surface area contributed by atoms with Gasteiger partial charge in [0, 0.05) is 26.7 Å². The summed E-state index contributed by atoms with van der Waals surface area (Å²) in [6.45, 7) is 7.56. The van der Waals surface area contributed by atoms with Crippen LogP contribution in [0.2, 0.25) is 0 Å². The van der Waals surface area contributed by atoms with Crippen molar-refractivity contribution in [2.45, 2.75) is 45.6 Å². The fourth-order valence-corrected chi connectivity index (χ4v) is 2.56. The summed E-state index contributed by atoms with van der Waals surface area (Å²) in [6.07, 6.45) is 2.25. The van der Waals surface area contributed by atoms with E-state index in [9.17, 15) is 4.79 Å². The number of benzene rings is 1. The minimum absolute atomic E-state index is 0. The second-order valence-corrected chi connectivity index (χ2v) is 7.50. The lowest BCUT2D eigenvalue weighted by molar-refractivity contribution is 0.0527. The highest BCUT2D eigenvalue weighted by Gasteiger charge is 2.15. The van der Waals surface area contributed by atoms with Gasteiger partial charge < -0.3 is 30.2 Å². The van der Waals surface area contributed by atoms with Crippen LogP contribution in [0.15, 0.2) is 23.2 Å². The van der Waals surface area contributed by atoms with Crippen molar-refractivity contribution < 1.29 is 19.0 Å². The molecule has 0 aliphatic rings. The van der Waals surface area contributed by atoms with E-state index in [0.717, 1.165) is 43.3 Å². The first-order chi connectivity index (χ1) is 13.8. The lowest BCUT2D eigenvalue weighted by Gasteiger charge is -2.19. The van der Waals surface area contributed by atoms with Crippen molar-refractivity contribution in [3.63, 3.8) is 0 Å². The second-order valence-electron chi connectivity index (χ2n) is 7.50. The van der Waals surface area contributed by atoms with Gasteiger partial charge in [-0.05, 0) is 57.7 Å². The molecule has 0 aromatic heterocycles. The van der Waals surface area contributed by atoms with Crippen molar-refractivity contribution in [3.05, 3.63) is 23.8 Å². The number of rotatable bonds is 10. The monoisotopic (exact) mass is 536 g/mol. The molecule has 30 heavy (non-hydrogen) atoms. The third-order valence-electron chi connectivity index (χ3n) is 3.92. The third kappa shape index (κ3) is 11.9. The second kappa shape index (κ2) is 15.0. The maximum atomic E-state index is 11.6. The summed E-state index contributed by atoms with van der Waals surface area (Å²) in [4.78, 5) is 15.8. The van der Waals surface area contributed by atoms with Gasteiger partial charge in [0.05, 0.1) is 14.2 Å². The molecule has 0 fully saturated rings. The van der Waals surface area contributed by atoms with Crippen LogP contribution in [0.3, 0.4) is 0 Å². The molecule has 1 aromatic carbocycles. The summed E-state index contributed by atoms with van der Waals surface area (Å²) in [6, 6.07) is 5.98. The van der Waals surface area contributed by atoms with Crippen LogP contribution in [0.4, 0.5) is 4.79 Å². The Morgan fingerprint density at radius 1 is 0.967 bits per heavy atom. The number of aryl methyl sites for hydroxylation is 1. The number of amides is 1. The van der Waals surface area contributed by atoms with Gasteiger partial charge in [-0.2, -0.15) is 0 Å². The predicted molar refractivity (Wildman–Crippen MR) is 132 cm³/mol. The van der Waals surface area contributed by atoms with Crippen molar-refractivity contribution in [2.75, 3.05) is 40.9 Å². The van der Waals surface area contributed by atoms with E-state index in [1.165, 1.54) is 5.56 Å². The van der Waals surface area contributed by atoms with Crippen LogP contribution < -0.4 is 25.4 Å². The molecule has 0 heterocycles. The first kappa shape index (κ1) is 28.1. The van der Waals surface area contributed by atoms with Crippen LogP contribution in [-0.2, 0) is 11.2 Å². The largest absolute Gasteiger partial charge is 0.493 e. The van der Waals surface area contributed by atoms with E-state index in [-0.39, 0.29) is 24.0 Å². The molecule has 0 aliphatic carbocycles. The quantitative estimate of drug-likeness (QED) is 0.184. The molecule has 172 valence electrons. The molecule has 1 rings (SSSR count). The number of carbonyl (C=O) groups excluding carboxylic acids is 1. The highest BCUT2D eigenvalue weighted by Crippen LogP contribution is 2.27. The molecule has 0 aliphatic heterocycles. The van der Waals surface area contributed by atoms with Crippen LogP contribution in [0, 0.1) is 0 Å². The van der Waals surface area contributed by atoms with Gasteiger partial charge in [0.2, 0.25) is 0 Å². The minimum Gasteiger partial charge on any atom is -0.493 e. The van der Waals surface area contributed by atoms with E-state index < -0.39 is 11.7 Å². The zero-order chi connectivity index (χ0) is 21.7. The summed E-state index contributed by atoms with van der Waals surface area (Å²) in [7, 11) is 5.01. The molecule has 1 aromatic rings. The molecular formula is C21H37IN4O4. The zero-order valence-corrected chi connectivity index (χ0v) is 21.3. The fourth-order valence-electron chi connectivity index (χ4n) is 2.56. The molecule has 9 heteroatoms. The van der Waals surface area contributed by atoms with E-state index in [4.69, 9.17) is 14.2 Å².